The highest BCUT2D eigenvalue weighted by Gasteiger charge is 2.21. The summed E-state index contributed by atoms with van der Waals surface area (Å²) < 4.78 is 5.23. The van der Waals surface area contributed by atoms with Crippen LogP contribution in [0, 0.1) is 10.1 Å². The minimum absolute atomic E-state index is 0.00911. The number of rotatable bonds is 7. The number of benzene rings is 1. The van der Waals surface area contributed by atoms with Gasteiger partial charge >= 0.3 is 5.97 Å². The van der Waals surface area contributed by atoms with E-state index >= 15 is 0 Å². The Morgan fingerprint density at radius 1 is 1.37 bits per heavy atom. The highest BCUT2D eigenvalue weighted by Crippen LogP contribution is 2.19. The molecule has 0 spiro atoms. The first-order valence-corrected chi connectivity index (χ1v) is 6.50. The number of nitro benzene ring substituents is 1. The van der Waals surface area contributed by atoms with E-state index in [2.05, 4.69) is 6.92 Å². The van der Waals surface area contributed by atoms with Crippen molar-refractivity contribution in [3.63, 3.8) is 0 Å². The zero-order valence-electron chi connectivity index (χ0n) is 11.3. The van der Waals surface area contributed by atoms with Crippen LogP contribution in [-0.2, 0) is 4.74 Å². The van der Waals surface area contributed by atoms with Crippen molar-refractivity contribution in [3.8, 4) is 0 Å². The van der Waals surface area contributed by atoms with Gasteiger partial charge in [-0.3, -0.25) is 10.1 Å². The average molecular weight is 265 g/mol. The van der Waals surface area contributed by atoms with Gasteiger partial charge in [0.1, 0.15) is 5.56 Å². The Hall–Kier alpha value is -1.91. The Labute approximate surface area is 112 Å². The molecule has 104 valence electrons. The van der Waals surface area contributed by atoms with Crippen LogP contribution in [0.2, 0.25) is 0 Å². The van der Waals surface area contributed by atoms with E-state index in [1.165, 1.54) is 18.2 Å². The van der Waals surface area contributed by atoms with Gasteiger partial charge in [0.25, 0.3) is 5.69 Å². The summed E-state index contributed by atoms with van der Waals surface area (Å²) in [4.78, 5) is 22.1. The summed E-state index contributed by atoms with van der Waals surface area (Å²) in [6, 6.07) is 5.84. The van der Waals surface area contributed by atoms with Crippen molar-refractivity contribution in [1.82, 2.24) is 0 Å². The van der Waals surface area contributed by atoms with E-state index < -0.39 is 10.9 Å². The van der Waals surface area contributed by atoms with Gasteiger partial charge in [0.15, 0.2) is 0 Å². The van der Waals surface area contributed by atoms with Crippen molar-refractivity contribution in [2.45, 2.75) is 45.6 Å². The lowest BCUT2D eigenvalue weighted by atomic mass is 10.1. The second-order valence-electron chi connectivity index (χ2n) is 4.49. The van der Waals surface area contributed by atoms with E-state index in [0.29, 0.717) is 0 Å². The molecular weight excluding hydrogens is 246 g/mol. The maximum atomic E-state index is 11.9. The Kier molecular flexibility index (Phi) is 5.99. The molecule has 0 heterocycles. The summed E-state index contributed by atoms with van der Waals surface area (Å²) in [5.74, 6) is -0.628. The first-order valence-electron chi connectivity index (χ1n) is 6.50. The molecule has 0 aromatic heterocycles. The average Bonchev–Trinajstić information content (AvgIpc) is 2.39. The van der Waals surface area contributed by atoms with Gasteiger partial charge in [-0.2, -0.15) is 0 Å². The molecule has 0 radical (unpaired) electrons. The molecule has 0 amide bonds. The minimum atomic E-state index is -0.628. The number of carbonyl (C=O) groups excluding carboxylic acids is 1. The van der Waals surface area contributed by atoms with Crippen LogP contribution in [0.4, 0.5) is 5.69 Å². The predicted molar refractivity (Wildman–Crippen MR) is 72.1 cm³/mol. The molecule has 0 aliphatic carbocycles. The fourth-order valence-electron chi connectivity index (χ4n) is 1.79. The smallest absolute Gasteiger partial charge is 0.345 e. The topological polar surface area (TPSA) is 69.4 Å². The Morgan fingerprint density at radius 2 is 2.05 bits per heavy atom. The van der Waals surface area contributed by atoms with Crippen molar-refractivity contribution < 1.29 is 14.5 Å². The first-order chi connectivity index (χ1) is 9.06. The highest BCUT2D eigenvalue weighted by atomic mass is 16.6. The van der Waals surface area contributed by atoms with Crippen LogP contribution in [0.25, 0.3) is 0 Å². The summed E-state index contributed by atoms with van der Waals surface area (Å²) >= 11 is 0. The summed E-state index contributed by atoms with van der Waals surface area (Å²) in [5.41, 5.74) is -0.205. The molecule has 1 unspecified atom stereocenters. The molecule has 1 atom stereocenters. The second kappa shape index (κ2) is 7.51. The van der Waals surface area contributed by atoms with Crippen molar-refractivity contribution >= 4 is 11.7 Å². The second-order valence-corrected chi connectivity index (χ2v) is 4.49. The van der Waals surface area contributed by atoms with Crippen molar-refractivity contribution in [2.24, 2.45) is 0 Å². The van der Waals surface area contributed by atoms with Crippen LogP contribution in [0.15, 0.2) is 24.3 Å². The third-order valence-electron chi connectivity index (χ3n) is 2.84. The molecule has 0 aliphatic heterocycles. The molecule has 0 fully saturated rings. The lowest BCUT2D eigenvalue weighted by molar-refractivity contribution is -0.385. The van der Waals surface area contributed by atoms with Crippen LogP contribution in [-0.4, -0.2) is 17.0 Å². The van der Waals surface area contributed by atoms with Gasteiger partial charge in [-0.05, 0) is 25.8 Å². The van der Waals surface area contributed by atoms with E-state index in [1.807, 2.05) is 6.92 Å². The van der Waals surface area contributed by atoms with Gasteiger partial charge in [0.05, 0.1) is 11.0 Å². The summed E-state index contributed by atoms with van der Waals surface area (Å²) in [6.07, 6.45) is 3.74. The fourth-order valence-corrected chi connectivity index (χ4v) is 1.79. The molecule has 0 N–H and O–H groups in total. The number of unbranched alkanes of at least 4 members (excludes halogenated alkanes) is 2. The lowest BCUT2D eigenvalue weighted by Gasteiger charge is -2.12. The summed E-state index contributed by atoms with van der Waals surface area (Å²) in [6.45, 7) is 3.91. The van der Waals surface area contributed by atoms with Gasteiger partial charge in [-0.15, -0.1) is 0 Å². The number of esters is 1. The molecule has 1 rings (SSSR count). The van der Waals surface area contributed by atoms with E-state index in [9.17, 15) is 14.9 Å². The lowest BCUT2D eigenvalue weighted by Crippen LogP contribution is -2.16. The predicted octanol–water partition coefficient (Wildman–Crippen LogP) is 3.72. The van der Waals surface area contributed by atoms with Crippen molar-refractivity contribution in [1.29, 1.82) is 0 Å². The van der Waals surface area contributed by atoms with Crippen molar-refractivity contribution in [3.05, 3.63) is 39.9 Å². The molecular formula is C14H19NO4. The maximum absolute atomic E-state index is 11.9. The molecule has 1 aromatic rings. The molecule has 19 heavy (non-hydrogen) atoms. The quantitative estimate of drug-likeness (QED) is 0.326. The van der Waals surface area contributed by atoms with Gasteiger partial charge in [0.2, 0.25) is 0 Å². The normalized spacial score (nSPS) is 11.9. The minimum Gasteiger partial charge on any atom is -0.459 e. The van der Waals surface area contributed by atoms with E-state index in [4.69, 9.17) is 4.74 Å². The zero-order valence-corrected chi connectivity index (χ0v) is 11.3. The zero-order chi connectivity index (χ0) is 14.3. The number of nitrogens with zero attached hydrogens (tertiary/aromatic N) is 1. The summed E-state index contributed by atoms with van der Waals surface area (Å²) in [7, 11) is 0. The summed E-state index contributed by atoms with van der Waals surface area (Å²) in [5, 5.41) is 10.8. The Morgan fingerprint density at radius 3 is 2.68 bits per heavy atom. The third-order valence-corrected chi connectivity index (χ3v) is 2.84. The standard InChI is InChI=1S/C14H19NO4/c1-3-4-5-8-11(2)19-14(16)12-9-6-7-10-13(12)15(17)18/h6-7,9-11H,3-5,8H2,1-2H3. The molecule has 0 saturated carbocycles. The van der Waals surface area contributed by atoms with E-state index in [-0.39, 0.29) is 17.4 Å². The number of hydrogen-bond acceptors (Lipinski definition) is 4. The maximum Gasteiger partial charge on any atom is 0.345 e. The van der Waals surface area contributed by atoms with Crippen molar-refractivity contribution in [2.75, 3.05) is 0 Å². The van der Waals surface area contributed by atoms with Gasteiger partial charge in [-0.25, -0.2) is 4.79 Å². The van der Waals surface area contributed by atoms with Crippen LogP contribution < -0.4 is 0 Å². The Balaban J connectivity index is 2.65. The SMILES string of the molecule is CCCCCC(C)OC(=O)c1ccccc1[N+](=O)[O-]. The number of carbonyl (C=O) groups is 1. The molecule has 0 aliphatic rings. The van der Waals surface area contributed by atoms with Gasteiger partial charge < -0.3 is 4.74 Å². The first kappa shape index (κ1) is 15.1. The van der Waals surface area contributed by atoms with Gasteiger partial charge in [0, 0.05) is 6.07 Å². The monoisotopic (exact) mass is 265 g/mol. The van der Waals surface area contributed by atoms with Crippen LogP contribution >= 0.6 is 0 Å². The van der Waals surface area contributed by atoms with Crippen LogP contribution in [0.1, 0.15) is 49.9 Å². The molecule has 0 saturated heterocycles. The largest absolute Gasteiger partial charge is 0.459 e. The molecule has 5 nitrogen and oxygen atoms in total. The van der Waals surface area contributed by atoms with E-state index in [0.717, 1.165) is 25.7 Å². The molecule has 5 heteroatoms. The molecule has 1 aromatic carbocycles. The van der Waals surface area contributed by atoms with E-state index in [1.54, 1.807) is 6.07 Å². The highest BCUT2D eigenvalue weighted by molar-refractivity contribution is 5.93. The van der Waals surface area contributed by atoms with Crippen LogP contribution in [0.3, 0.4) is 0 Å². The Bertz CT molecular complexity index is 445. The number of nitro groups is 1. The third kappa shape index (κ3) is 4.69. The fraction of sp³-hybridized carbons (Fsp3) is 0.500. The van der Waals surface area contributed by atoms with Gasteiger partial charge in [-0.1, -0.05) is 31.9 Å². The number of para-hydroxylation sites is 1. The molecule has 0 bridgehead atoms. The van der Waals surface area contributed by atoms with Crippen LogP contribution in [0.5, 0.6) is 0 Å². The number of ether oxygens (including phenoxy) is 1. The number of hydrogen-bond donors (Lipinski definition) is 0.